The Bertz CT molecular complexity index is 981. The van der Waals surface area contributed by atoms with E-state index in [0.29, 0.717) is 26.0 Å². The van der Waals surface area contributed by atoms with E-state index in [4.69, 9.17) is 12.2 Å². The molecule has 1 aliphatic rings. The van der Waals surface area contributed by atoms with Crippen LogP contribution in [0.4, 0.5) is 5.69 Å². The average molecular weight is 383 g/mol. The Kier molecular flexibility index (Phi) is 5.01. The van der Waals surface area contributed by atoms with Gasteiger partial charge in [-0.25, -0.2) is 4.79 Å². The summed E-state index contributed by atoms with van der Waals surface area (Å²) in [6, 6.07) is 13.1. The zero-order valence-corrected chi connectivity index (χ0v) is 15.3. The summed E-state index contributed by atoms with van der Waals surface area (Å²) in [5.74, 6) is -1.52. The summed E-state index contributed by atoms with van der Waals surface area (Å²) >= 11 is 6.41. The molecule has 5 nitrogen and oxygen atoms in total. The molecule has 7 heteroatoms. The number of hydrogen-bond donors (Lipinski definition) is 1. The van der Waals surface area contributed by atoms with Crippen LogP contribution in [0.3, 0.4) is 0 Å². The highest BCUT2D eigenvalue weighted by atomic mass is 32.2. The largest absolute Gasteiger partial charge is 0.478 e. The Morgan fingerprint density at radius 1 is 1.15 bits per heavy atom. The number of carbonyl (C=O) groups is 3. The molecule has 0 radical (unpaired) electrons. The molecule has 1 heterocycles. The van der Waals surface area contributed by atoms with Gasteiger partial charge >= 0.3 is 5.97 Å². The lowest BCUT2D eigenvalue weighted by molar-refractivity contribution is -0.113. The van der Waals surface area contributed by atoms with Crippen LogP contribution < -0.4 is 4.90 Å². The molecule has 0 aromatic heterocycles. The van der Waals surface area contributed by atoms with Crippen LogP contribution in [0.2, 0.25) is 0 Å². The fourth-order valence-electron chi connectivity index (χ4n) is 2.51. The van der Waals surface area contributed by atoms with Gasteiger partial charge in [-0.15, -0.1) is 0 Å². The second-order valence-corrected chi connectivity index (χ2v) is 7.19. The molecule has 2 aromatic rings. The molecule has 1 amide bonds. The molecule has 1 aliphatic heterocycles. The van der Waals surface area contributed by atoms with Crippen molar-refractivity contribution in [1.82, 2.24) is 0 Å². The van der Waals surface area contributed by atoms with Crippen LogP contribution in [0, 0.1) is 0 Å². The lowest BCUT2D eigenvalue weighted by Gasteiger charge is -2.15. The number of carboxylic acids is 1. The fourth-order valence-corrected chi connectivity index (χ4v) is 3.80. The van der Waals surface area contributed by atoms with E-state index < -0.39 is 5.97 Å². The summed E-state index contributed by atoms with van der Waals surface area (Å²) in [6.07, 6.45) is 1.53. The summed E-state index contributed by atoms with van der Waals surface area (Å²) < 4.78 is 0.328. The number of hydrogen-bond acceptors (Lipinski definition) is 5. The Morgan fingerprint density at radius 3 is 2.58 bits per heavy atom. The molecule has 3 rings (SSSR count). The molecule has 1 N–H and O–H groups in total. The van der Waals surface area contributed by atoms with Crippen LogP contribution in [0.15, 0.2) is 53.4 Å². The van der Waals surface area contributed by atoms with E-state index in [1.54, 1.807) is 42.5 Å². The van der Waals surface area contributed by atoms with E-state index >= 15 is 0 Å². The van der Waals surface area contributed by atoms with Gasteiger partial charge in [-0.2, -0.15) is 0 Å². The lowest BCUT2D eigenvalue weighted by atomic mass is 10.1. The zero-order chi connectivity index (χ0) is 18.8. The predicted molar refractivity (Wildman–Crippen MR) is 105 cm³/mol. The van der Waals surface area contributed by atoms with E-state index in [9.17, 15) is 19.5 Å². The van der Waals surface area contributed by atoms with Crippen molar-refractivity contribution in [2.45, 2.75) is 6.92 Å². The number of thiocarbonyl (C=S) groups is 1. The maximum absolute atomic E-state index is 12.8. The number of ketones is 1. The molecule has 26 heavy (non-hydrogen) atoms. The molecule has 0 unspecified atom stereocenters. The highest BCUT2D eigenvalue weighted by Gasteiger charge is 2.33. The normalized spacial score (nSPS) is 15.6. The van der Waals surface area contributed by atoms with Crippen LogP contribution in [-0.2, 0) is 4.79 Å². The number of aromatic carboxylic acids is 1. The quantitative estimate of drug-likeness (QED) is 0.489. The number of carboxylic acid groups (broad SMARTS) is 1. The first-order valence-electron chi connectivity index (χ1n) is 7.60. The minimum absolute atomic E-state index is 0.108. The lowest BCUT2D eigenvalue weighted by Crippen LogP contribution is -2.27. The van der Waals surface area contributed by atoms with Crippen molar-refractivity contribution in [3.8, 4) is 0 Å². The Labute approximate surface area is 159 Å². The molecule has 0 spiro atoms. The van der Waals surface area contributed by atoms with Crippen LogP contribution in [0.1, 0.15) is 33.2 Å². The van der Waals surface area contributed by atoms with Gasteiger partial charge < -0.3 is 5.11 Å². The molecule has 130 valence electrons. The molecule has 0 aliphatic carbocycles. The minimum Gasteiger partial charge on any atom is -0.478 e. The molecule has 0 atom stereocenters. The third kappa shape index (κ3) is 3.44. The van der Waals surface area contributed by atoms with Crippen molar-refractivity contribution in [3.05, 3.63) is 70.1 Å². The van der Waals surface area contributed by atoms with Gasteiger partial charge in [0.05, 0.1) is 16.2 Å². The third-order valence-corrected chi connectivity index (χ3v) is 5.08. The van der Waals surface area contributed by atoms with Gasteiger partial charge in [-0.05, 0) is 36.8 Å². The highest BCUT2D eigenvalue weighted by molar-refractivity contribution is 8.27. The summed E-state index contributed by atoms with van der Waals surface area (Å²) in [4.78, 5) is 37.4. The van der Waals surface area contributed by atoms with E-state index in [1.807, 2.05) is 0 Å². The van der Waals surface area contributed by atoms with E-state index in [0.717, 1.165) is 11.8 Å². The molecular weight excluding hydrogens is 370 g/mol. The number of carbonyl (C=O) groups excluding carboxylic acids is 2. The molecule has 2 aromatic carbocycles. The maximum Gasteiger partial charge on any atom is 0.336 e. The summed E-state index contributed by atoms with van der Waals surface area (Å²) in [5, 5.41) is 9.28. The first-order valence-corrected chi connectivity index (χ1v) is 8.82. The van der Waals surface area contributed by atoms with Gasteiger partial charge in [-0.3, -0.25) is 14.5 Å². The summed E-state index contributed by atoms with van der Waals surface area (Å²) in [5.41, 5.74) is 1.53. The Balaban J connectivity index is 1.99. The second kappa shape index (κ2) is 7.23. The van der Waals surface area contributed by atoms with E-state index in [-0.39, 0.29) is 17.3 Å². The fraction of sp³-hybridized carbons (Fsp3) is 0.0526. The first-order chi connectivity index (χ1) is 12.4. The van der Waals surface area contributed by atoms with Gasteiger partial charge in [0, 0.05) is 5.56 Å². The molecule has 0 saturated carbocycles. The molecule has 0 bridgehead atoms. The van der Waals surface area contributed by atoms with Gasteiger partial charge in [0.25, 0.3) is 5.91 Å². The SMILES string of the molecule is CC(=O)c1cccc(N2C(=O)/C(=C\c3ccccc3C(=O)O)SC2=S)c1. The standard InChI is InChI=1S/C19H13NO4S2/c1-11(21)12-6-4-7-14(9-12)20-17(22)16(26-19(20)25)10-13-5-2-3-8-15(13)18(23)24/h2-10H,1H3,(H,23,24)/b16-10+. The minimum atomic E-state index is -1.07. The average Bonchev–Trinajstić information content (AvgIpc) is 2.89. The van der Waals surface area contributed by atoms with Crippen LogP contribution in [0.25, 0.3) is 6.08 Å². The monoisotopic (exact) mass is 383 g/mol. The van der Waals surface area contributed by atoms with Crippen molar-refractivity contribution in [3.63, 3.8) is 0 Å². The number of nitrogens with zero attached hydrogens (tertiary/aromatic N) is 1. The summed E-state index contributed by atoms with van der Waals surface area (Å²) in [7, 11) is 0. The van der Waals surface area contributed by atoms with E-state index in [1.165, 1.54) is 24.0 Å². The second-order valence-electron chi connectivity index (χ2n) is 5.52. The predicted octanol–water partition coefficient (Wildman–Crippen LogP) is 3.99. The van der Waals surface area contributed by atoms with Crippen molar-refractivity contribution in [2.75, 3.05) is 4.90 Å². The third-order valence-electron chi connectivity index (χ3n) is 3.78. The van der Waals surface area contributed by atoms with Gasteiger partial charge in [-0.1, -0.05) is 54.3 Å². The number of thioether (sulfide) groups is 1. The first kappa shape index (κ1) is 18.0. The van der Waals surface area contributed by atoms with Crippen LogP contribution >= 0.6 is 24.0 Å². The van der Waals surface area contributed by atoms with E-state index in [2.05, 4.69) is 0 Å². The van der Waals surface area contributed by atoms with Gasteiger partial charge in [0.2, 0.25) is 0 Å². The topological polar surface area (TPSA) is 74.7 Å². The molecule has 1 fully saturated rings. The number of amides is 1. The van der Waals surface area contributed by atoms with Crippen molar-refractivity contribution >= 4 is 57.7 Å². The Morgan fingerprint density at radius 2 is 1.88 bits per heavy atom. The smallest absolute Gasteiger partial charge is 0.336 e. The van der Waals surface area contributed by atoms with Crippen LogP contribution in [0.5, 0.6) is 0 Å². The van der Waals surface area contributed by atoms with Gasteiger partial charge in [0.15, 0.2) is 10.1 Å². The number of benzene rings is 2. The number of Topliss-reactive ketones (excluding diaryl/α,β-unsaturated/α-hetero) is 1. The summed E-state index contributed by atoms with van der Waals surface area (Å²) in [6.45, 7) is 1.45. The van der Waals surface area contributed by atoms with Crippen LogP contribution in [-0.4, -0.2) is 27.1 Å². The van der Waals surface area contributed by atoms with Crippen molar-refractivity contribution < 1.29 is 19.5 Å². The molecule has 1 saturated heterocycles. The number of anilines is 1. The zero-order valence-electron chi connectivity index (χ0n) is 13.6. The van der Waals surface area contributed by atoms with Gasteiger partial charge in [0.1, 0.15) is 0 Å². The van der Waals surface area contributed by atoms with Crippen molar-refractivity contribution in [1.29, 1.82) is 0 Å². The Hall–Kier alpha value is -2.77. The number of rotatable bonds is 4. The molecular formula is C19H13NO4S2. The van der Waals surface area contributed by atoms with Crippen molar-refractivity contribution in [2.24, 2.45) is 0 Å². The highest BCUT2D eigenvalue weighted by Crippen LogP contribution is 2.36. The maximum atomic E-state index is 12.8.